The number of hydrogen-bond acceptors (Lipinski definition) is 3. The van der Waals surface area contributed by atoms with Crippen molar-refractivity contribution in [2.24, 2.45) is 0 Å². The van der Waals surface area contributed by atoms with Crippen LogP contribution in [0.2, 0.25) is 0 Å². The van der Waals surface area contributed by atoms with Gasteiger partial charge in [0.1, 0.15) is 0 Å². The first-order valence-electron chi connectivity index (χ1n) is 8.11. The van der Waals surface area contributed by atoms with Crippen LogP contribution < -0.4 is 0 Å². The molecule has 0 radical (unpaired) electrons. The highest BCUT2D eigenvalue weighted by molar-refractivity contribution is 7.44. The topological polar surface area (TPSA) is 21.7 Å². The molecule has 0 N–H and O–H groups in total. The molecule has 0 amide bonds. The van der Waals surface area contributed by atoms with Crippen molar-refractivity contribution in [2.75, 3.05) is 6.54 Å². The highest BCUT2D eigenvalue weighted by Gasteiger charge is 2.23. The lowest BCUT2D eigenvalue weighted by atomic mass is 10.2. The summed E-state index contributed by atoms with van der Waals surface area (Å²) in [5.41, 5.74) is 2.34. The fraction of sp³-hybridized carbons (Fsp3) is 0.368. The second-order valence-corrected chi connectivity index (χ2v) is 7.11. The van der Waals surface area contributed by atoms with Gasteiger partial charge in [-0.05, 0) is 25.0 Å². The summed E-state index contributed by atoms with van der Waals surface area (Å²) in [4.78, 5) is 0. The van der Waals surface area contributed by atoms with E-state index in [1.165, 1.54) is 11.1 Å². The van der Waals surface area contributed by atoms with E-state index in [1.807, 2.05) is 36.4 Å². The van der Waals surface area contributed by atoms with Crippen molar-refractivity contribution < 1.29 is 9.05 Å². The van der Waals surface area contributed by atoms with E-state index >= 15 is 0 Å². The van der Waals surface area contributed by atoms with Crippen molar-refractivity contribution in [3.05, 3.63) is 71.8 Å². The molecule has 2 rings (SSSR count). The molecule has 0 atom stereocenters. The Morgan fingerprint density at radius 3 is 1.61 bits per heavy atom. The molecule has 2 aromatic rings. The minimum absolute atomic E-state index is 0.387. The summed E-state index contributed by atoms with van der Waals surface area (Å²) >= 11 is 0. The van der Waals surface area contributed by atoms with E-state index in [1.54, 1.807) is 0 Å². The maximum Gasteiger partial charge on any atom is 0.259 e. The van der Waals surface area contributed by atoms with Gasteiger partial charge >= 0.3 is 0 Å². The standard InChI is InChI=1S/C19H26NO2P/c1-4-20(17(2)3)23(21-15-18-11-7-5-8-12-18)22-16-19-13-9-6-10-14-19/h5-14,17H,4,15-16H2,1-3H3. The van der Waals surface area contributed by atoms with Gasteiger partial charge < -0.3 is 9.05 Å². The van der Waals surface area contributed by atoms with Gasteiger partial charge in [0, 0.05) is 12.6 Å². The molecule has 0 aliphatic carbocycles. The highest BCUT2D eigenvalue weighted by Crippen LogP contribution is 2.45. The molecule has 0 aliphatic rings. The van der Waals surface area contributed by atoms with Crippen molar-refractivity contribution in [1.82, 2.24) is 4.67 Å². The van der Waals surface area contributed by atoms with E-state index in [2.05, 4.69) is 49.7 Å². The smallest absolute Gasteiger partial charge is 0.259 e. The Kier molecular flexibility index (Phi) is 7.70. The van der Waals surface area contributed by atoms with Gasteiger partial charge in [-0.2, -0.15) is 0 Å². The van der Waals surface area contributed by atoms with Crippen LogP contribution >= 0.6 is 8.53 Å². The molecule has 2 aromatic carbocycles. The normalized spacial score (nSPS) is 11.6. The summed E-state index contributed by atoms with van der Waals surface area (Å²) in [6.07, 6.45) is 0. The lowest BCUT2D eigenvalue weighted by molar-refractivity contribution is 0.181. The van der Waals surface area contributed by atoms with Crippen LogP contribution in [0.4, 0.5) is 0 Å². The van der Waals surface area contributed by atoms with E-state index in [0.29, 0.717) is 19.3 Å². The van der Waals surface area contributed by atoms with Crippen molar-refractivity contribution in [2.45, 2.75) is 40.0 Å². The first-order chi connectivity index (χ1) is 11.2. The maximum absolute atomic E-state index is 6.13. The van der Waals surface area contributed by atoms with Crippen molar-refractivity contribution >= 4 is 8.53 Å². The van der Waals surface area contributed by atoms with Crippen LogP contribution in [0.1, 0.15) is 31.9 Å². The minimum atomic E-state index is -1.08. The van der Waals surface area contributed by atoms with E-state index in [0.717, 1.165) is 6.54 Å². The molecular formula is C19H26NO2P. The van der Waals surface area contributed by atoms with Crippen LogP contribution in [0, 0.1) is 0 Å². The largest absolute Gasteiger partial charge is 0.317 e. The van der Waals surface area contributed by atoms with Gasteiger partial charge in [-0.3, -0.25) is 0 Å². The molecule has 23 heavy (non-hydrogen) atoms. The van der Waals surface area contributed by atoms with Crippen molar-refractivity contribution in [3.63, 3.8) is 0 Å². The predicted octanol–water partition coefficient (Wildman–Crippen LogP) is 5.38. The molecule has 0 aromatic heterocycles. The Labute approximate surface area is 141 Å². The number of rotatable bonds is 9. The molecule has 0 heterocycles. The summed E-state index contributed by atoms with van der Waals surface area (Å²) in [5.74, 6) is 0. The van der Waals surface area contributed by atoms with Crippen molar-refractivity contribution in [1.29, 1.82) is 0 Å². The van der Waals surface area contributed by atoms with Crippen LogP contribution in [0.3, 0.4) is 0 Å². The third-order valence-corrected chi connectivity index (χ3v) is 5.36. The predicted molar refractivity (Wildman–Crippen MR) is 96.9 cm³/mol. The third kappa shape index (κ3) is 6.04. The quantitative estimate of drug-likeness (QED) is 0.576. The lowest BCUT2D eigenvalue weighted by Crippen LogP contribution is -2.27. The Hall–Kier alpha value is -1.25. The zero-order chi connectivity index (χ0) is 16.5. The second kappa shape index (κ2) is 9.79. The second-order valence-electron chi connectivity index (χ2n) is 5.61. The average Bonchev–Trinajstić information content (AvgIpc) is 2.59. The van der Waals surface area contributed by atoms with Gasteiger partial charge in [0.2, 0.25) is 0 Å². The summed E-state index contributed by atoms with van der Waals surface area (Å²) < 4.78 is 14.5. The monoisotopic (exact) mass is 331 g/mol. The zero-order valence-corrected chi connectivity index (χ0v) is 15.1. The van der Waals surface area contributed by atoms with Crippen molar-refractivity contribution in [3.8, 4) is 0 Å². The fourth-order valence-corrected chi connectivity index (χ4v) is 3.76. The zero-order valence-electron chi connectivity index (χ0n) is 14.2. The molecule has 0 saturated carbocycles. The summed E-state index contributed by atoms with van der Waals surface area (Å²) in [6, 6.07) is 20.9. The molecule has 4 heteroatoms. The number of nitrogens with zero attached hydrogens (tertiary/aromatic N) is 1. The van der Waals surface area contributed by atoms with Gasteiger partial charge in [0.05, 0.1) is 13.2 Å². The minimum Gasteiger partial charge on any atom is -0.317 e. The highest BCUT2D eigenvalue weighted by atomic mass is 31.2. The van der Waals surface area contributed by atoms with Crippen LogP contribution in [-0.2, 0) is 22.3 Å². The first kappa shape index (κ1) is 18.1. The average molecular weight is 331 g/mol. The van der Waals surface area contributed by atoms with Crippen LogP contribution in [0.15, 0.2) is 60.7 Å². The number of hydrogen-bond donors (Lipinski definition) is 0. The molecule has 0 bridgehead atoms. The Balaban J connectivity index is 1.99. The van der Waals surface area contributed by atoms with Gasteiger partial charge in [-0.25, -0.2) is 4.67 Å². The molecule has 0 spiro atoms. The summed E-state index contributed by atoms with van der Waals surface area (Å²) in [5, 5.41) is 0. The summed E-state index contributed by atoms with van der Waals surface area (Å²) in [7, 11) is -1.08. The van der Waals surface area contributed by atoms with E-state index < -0.39 is 8.53 Å². The Morgan fingerprint density at radius 2 is 1.26 bits per heavy atom. The van der Waals surface area contributed by atoms with Crippen LogP contribution in [0.25, 0.3) is 0 Å². The Bertz CT molecular complexity index is 504. The van der Waals surface area contributed by atoms with Gasteiger partial charge in [0.25, 0.3) is 8.53 Å². The molecule has 0 saturated heterocycles. The van der Waals surface area contributed by atoms with Crippen LogP contribution in [-0.4, -0.2) is 17.3 Å². The molecule has 0 unspecified atom stereocenters. The van der Waals surface area contributed by atoms with Crippen LogP contribution in [0.5, 0.6) is 0 Å². The number of benzene rings is 2. The first-order valence-corrected chi connectivity index (χ1v) is 9.24. The molecule has 3 nitrogen and oxygen atoms in total. The molecule has 0 aliphatic heterocycles. The molecule has 124 valence electrons. The fourth-order valence-electron chi connectivity index (χ4n) is 2.26. The third-order valence-electron chi connectivity index (χ3n) is 3.50. The van der Waals surface area contributed by atoms with Gasteiger partial charge in [0.15, 0.2) is 0 Å². The van der Waals surface area contributed by atoms with E-state index in [9.17, 15) is 0 Å². The summed E-state index contributed by atoms with van der Waals surface area (Å²) in [6.45, 7) is 8.56. The maximum atomic E-state index is 6.13. The lowest BCUT2D eigenvalue weighted by Gasteiger charge is -2.31. The van der Waals surface area contributed by atoms with Gasteiger partial charge in [-0.15, -0.1) is 0 Å². The van der Waals surface area contributed by atoms with E-state index in [4.69, 9.17) is 9.05 Å². The Morgan fingerprint density at radius 1 is 0.826 bits per heavy atom. The van der Waals surface area contributed by atoms with Gasteiger partial charge in [-0.1, -0.05) is 67.6 Å². The van der Waals surface area contributed by atoms with E-state index in [-0.39, 0.29) is 0 Å². The molecular weight excluding hydrogens is 305 g/mol. The SMILES string of the molecule is CCN(C(C)C)P(OCc1ccccc1)OCc1ccccc1. The molecule has 0 fully saturated rings.